The van der Waals surface area contributed by atoms with Crippen LogP contribution in [0.1, 0.15) is 19.4 Å². The number of rotatable bonds is 2. The van der Waals surface area contributed by atoms with Gasteiger partial charge in [0.25, 0.3) is 0 Å². The Balaban J connectivity index is 2.55. The Labute approximate surface area is 83.8 Å². The monoisotopic (exact) mass is 189 g/mol. The van der Waals surface area contributed by atoms with E-state index in [0.717, 1.165) is 12.1 Å². The van der Waals surface area contributed by atoms with Crippen LogP contribution in [0.25, 0.3) is 11.0 Å². The van der Waals surface area contributed by atoms with Gasteiger partial charge in [-0.15, -0.1) is 5.10 Å². The van der Waals surface area contributed by atoms with Gasteiger partial charge in [-0.3, -0.25) is 0 Å². The van der Waals surface area contributed by atoms with Gasteiger partial charge in [0, 0.05) is 18.6 Å². The third kappa shape index (κ3) is 1.50. The average molecular weight is 189 g/mol. The maximum atomic E-state index is 4.12. The molecule has 0 aromatic carbocycles. The maximum absolute atomic E-state index is 4.12. The molecule has 0 N–H and O–H groups in total. The molecule has 0 amide bonds. The van der Waals surface area contributed by atoms with Crippen molar-refractivity contribution >= 4 is 11.0 Å². The van der Waals surface area contributed by atoms with Gasteiger partial charge in [0.1, 0.15) is 0 Å². The van der Waals surface area contributed by atoms with Crippen LogP contribution >= 0.6 is 0 Å². The Morgan fingerprint density at radius 1 is 1.43 bits per heavy atom. The van der Waals surface area contributed by atoms with Crippen LogP contribution < -0.4 is 0 Å². The summed E-state index contributed by atoms with van der Waals surface area (Å²) in [5.74, 6) is 0.675. The van der Waals surface area contributed by atoms with Crippen molar-refractivity contribution in [1.29, 1.82) is 0 Å². The van der Waals surface area contributed by atoms with Crippen molar-refractivity contribution in [3.05, 3.63) is 24.0 Å². The Kier molecular flexibility index (Phi) is 2.23. The summed E-state index contributed by atoms with van der Waals surface area (Å²) < 4.78 is 2.04. The van der Waals surface area contributed by atoms with Crippen molar-refractivity contribution in [3.63, 3.8) is 0 Å². The van der Waals surface area contributed by atoms with Crippen molar-refractivity contribution < 1.29 is 0 Å². The molecule has 0 bridgehead atoms. The van der Waals surface area contributed by atoms with Crippen molar-refractivity contribution in [1.82, 2.24) is 14.8 Å². The molecule has 0 aliphatic rings. The normalized spacial score (nSPS) is 11.4. The molecule has 14 heavy (non-hydrogen) atoms. The van der Waals surface area contributed by atoms with Crippen molar-refractivity contribution in [2.75, 3.05) is 0 Å². The van der Waals surface area contributed by atoms with E-state index in [1.54, 1.807) is 6.20 Å². The zero-order chi connectivity index (χ0) is 10.1. The third-order valence-electron chi connectivity index (χ3n) is 2.36. The van der Waals surface area contributed by atoms with E-state index in [1.807, 2.05) is 17.7 Å². The zero-order valence-corrected chi connectivity index (χ0v) is 8.86. The lowest BCUT2D eigenvalue weighted by atomic mass is 10.0. The van der Waals surface area contributed by atoms with Gasteiger partial charge in [-0.2, -0.15) is 5.10 Å². The summed E-state index contributed by atoms with van der Waals surface area (Å²) in [6, 6.07) is 2.04. The molecule has 2 heterocycles. The summed E-state index contributed by atoms with van der Waals surface area (Å²) in [5, 5.41) is 9.25. The molecule has 2 aromatic rings. The molecule has 0 radical (unpaired) electrons. The zero-order valence-electron chi connectivity index (χ0n) is 8.86. The maximum Gasteiger partial charge on any atom is 0.162 e. The highest BCUT2D eigenvalue weighted by molar-refractivity contribution is 5.79. The van der Waals surface area contributed by atoms with Crippen molar-refractivity contribution in [3.8, 4) is 0 Å². The van der Waals surface area contributed by atoms with E-state index in [1.165, 1.54) is 10.9 Å². The molecule has 0 spiro atoms. The molecule has 3 nitrogen and oxygen atoms in total. The van der Waals surface area contributed by atoms with E-state index in [0.29, 0.717) is 5.92 Å². The predicted molar refractivity (Wildman–Crippen MR) is 57.1 cm³/mol. The molecular formula is C11H15N3. The first kappa shape index (κ1) is 9.19. The summed E-state index contributed by atoms with van der Waals surface area (Å²) in [7, 11) is 2.01. The quantitative estimate of drug-likeness (QED) is 0.724. The van der Waals surface area contributed by atoms with Crippen LogP contribution in [0.2, 0.25) is 0 Å². The predicted octanol–water partition coefficient (Wildman–Crippen LogP) is 2.17. The fourth-order valence-corrected chi connectivity index (χ4v) is 1.80. The Bertz CT molecular complexity index is 443. The van der Waals surface area contributed by atoms with Crippen LogP contribution in [0, 0.1) is 5.92 Å². The van der Waals surface area contributed by atoms with E-state index in [9.17, 15) is 0 Å². The molecule has 0 aliphatic carbocycles. The summed E-state index contributed by atoms with van der Waals surface area (Å²) >= 11 is 0. The SMILES string of the molecule is CC(C)Cc1cn(C)c2nnccc12. The van der Waals surface area contributed by atoms with E-state index >= 15 is 0 Å². The van der Waals surface area contributed by atoms with Gasteiger partial charge in [0.05, 0.1) is 6.20 Å². The Morgan fingerprint density at radius 3 is 2.93 bits per heavy atom. The highest BCUT2D eigenvalue weighted by atomic mass is 15.2. The number of hydrogen-bond acceptors (Lipinski definition) is 2. The van der Waals surface area contributed by atoms with Crippen LogP contribution in [0.3, 0.4) is 0 Å². The summed E-state index contributed by atoms with van der Waals surface area (Å²) in [6.45, 7) is 4.46. The number of hydrogen-bond donors (Lipinski definition) is 0. The fraction of sp³-hybridized carbons (Fsp3) is 0.455. The average Bonchev–Trinajstić information content (AvgIpc) is 2.44. The van der Waals surface area contributed by atoms with Gasteiger partial charge in [0.2, 0.25) is 0 Å². The van der Waals surface area contributed by atoms with Gasteiger partial charge >= 0.3 is 0 Å². The summed E-state index contributed by atoms with van der Waals surface area (Å²) in [4.78, 5) is 0. The second-order valence-corrected chi connectivity index (χ2v) is 4.13. The smallest absolute Gasteiger partial charge is 0.162 e. The van der Waals surface area contributed by atoms with Crippen LogP contribution in [-0.4, -0.2) is 14.8 Å². The molecule has 74 valence electrons. The minimum atomic E-state index is 0.675. The van der Waals surface area contributed by atoms with Gasteiger partial charge < -0.3 is 4.57 Å². The minimum absolute atomic E-state index is 0.675. The van der Waals surface area contributed by atoms with Crippen LogP contribution in [0.15, 0.2) is 18.5 Å². The number of fused-ring (bicyclic) bond motifs is 1. The number of nitrogens with zero attached hydrogens (tertiary/aromatic N) is 3. The number of aryl methyl sites for hydroxylation is 1. The van der Waals surface area contributed by atoms with Gasteiger partial charge in [-0.1, -0.05) is 13.8 Å². The number of aromatic nitrogens is 3. The van der Waals surface area contributed by atoms with Crippen LogP contribution in [0.4, 0.5) is 0 Å². The first-order valence-corrected chi connectivity index (χ1v) is 4.94. The Morgan fingerprint density at radius 2 is 2.21 bits per heavy atom. The highest BCUT2D eigenvalue weighted by Crippen LogP contribution is 2.20. The largest absolute Gasteiger partial charge is 0.334 e. The Hall–Kier alpha value is -1.38. The molecule has 3 heteroatoms. The fourth-order valence-electron chi connectivity index (χ4n) is 1.80. The molecule has 0 aliphatic heterocycles. The van der Waals surface area contributed by atoms with Gasteiger partial charge in [-0.05, 0) is 24.0 Å². The lowest BCUT2D eigenvalue weighted by molar-refractivity contribution is 0.648. The molecule has 2 aromatic heterocycles. The third-order valence-corrected chi connectivity index (χ3v) is 2.36. The van der Waals surface area contributed by atoms with E-state index < -0.39 is 0 Å². The molecule has 0 atom stereocenters. The van der Waals surface area contributed by atoms with Gasteiger partial charge in [-0.25, -0.2) is 0 Å². The van der Waals surface area contributed by atoms with Crippen molar-refractivity contribution in [2.45, 2.75) is 20.3 Å². The van der Waals surface area contributed by atoms with Crippen LogP contribution in [0.5, 0.6) is 0 Å². The second-order valence-electron chi connectivity index (χ2n) is 4.13. The first-order valence-electron chi connectivity index (χ1n) is 4.94. The molecular weight excluding hydrogens is 174 g/mol. The minimum Gasteiger partial charge on any atom is -0.334 e. The van der Waals surface area contributed by atoms with E-state index in [-0.39, 0.29) is 0 Å². The second kappa shape index (κ2) is 3.40. The van der Waals surface area contributed by atoms with E-state index in [2.05, 4.69) is 30.2 Å². The molecule has 2 rings (SSSR count). The highest BCUT2D eigenvalue weighted by Gasteiger charge is 2.08. The molecule has 0 unspecified atom stereocenters. The topological polar surface area (TPSA) is 30.7 Å². The lowest BCUT2D eigenvalue weighted by Gasteiger charge is -2.01. The van der Waals surface area contributed by atoms with Gasteiger partial charge in [0.15, 0.2) is 5.65 Å². The summed E-state index contributed by atoms with van der Waals surface area (Å²) in [6.07, 6.45) is 5.01. The standard InChI is InChI=1S/C11H15N3/c1-8(2)6-9-7-14(3)11-10(9)4-5-12-13-11/h4-5,7-8H,6H2,1-3H3. The lowest BCUT2D eigenvalue weighted by Crippen LogP contribution is -1.92. The van der Waals surface area contributed by atoms with Crippen LogP contribution in [-0.2, 0) is 13.5 Å². The van der Waals surface area contributed by atoms with E-state index in [4.69, 9.17) is 0 Å². The molecule has 0 saturated carbocycles. The summed E-state index contributed by atoms with van der Waals surface area (Å²) in [5.41, 5.74) is 2.34. The molecule has 0 saturated heterocycles. The molecule has 0 fully saturated rings. The first-order chi connectivity index (χ1) is 6.68. The van der Waals surface area contributed by atoms with Crippen molar-refractivity contribution in [2.24, 2.45) is 13.0 Å².